The van der Waals surface area contributed by atoms with Gasteiger partial charge < -0.3 is 24.0 Å². The highest BCUT2D eigenvalue weighted by Crippen LogP contribution is 2.67. The first kappa shape index (κ1) is 18.0. The molecule has 102 valence electrons. The molecule has 0 saturated carbocycles. The Morgan fingerprint density at radius 2 is 1.67 bits per heavy atom. The second kappa shape index (κ2) is 8.27. The molecule has 18 heavy (non-hydrogen) atoms. The highest BCUT2D eigenvalue weighted by atomic mass is 127. The third kappa shape index (κ3) is 4.62. The van der Waals surface area contributed by atoms with E-state index in [0.717, 1.165) is 0 Å². The van der Waals surface area contributed by atoms with Crippen LogP contribution in [0.2, 0.25) is 0 Å². The molecule has 0 spiro atoms. The van der Waals surface area contributed by atoms with Gasteiger partial charge in [-0.15, -0.1) is 0 Å². The second-order valence-electron chi connectivity index (χ2n) is 4.94. The van der Waals surface area contributed by atoms with Crippen molar-refractivity contribution in [2.45, 2.75) is 32.9 Å². The topological polar surface area (TPSA) is 17.1 Å². The van der Waals surface area contributed by atoms with Crippen LogP contribution >= 0.6 is 7.26 Å². The molecule has 0 aliphatic heterocycles. The van der Waals surface area contributed by atoms with E-state index in [0.29, 0.717) is 17.9 Å². The van der Waals surface area contributed by atoms with Gasteiger partial charge in [-0.25, -0.2) is 0 Å². The van der Waals surface area contributed by atoms with E-state index in [-0.39, 0.29) is 24.0 Å². The maximum atomic E-state index is 11.5. The highest BCUT2D eigenvalue weighted by molar-refractivity contribution is 7.75. The van der Waals surface area contributed by atoms with Crippen LogP contribution in [0.25, 0.3) is 0 Å². The molecule has 3 heteroatoms. The zero-order valence-electron chi connectivity index (χ0n) is 11.8. The van der Waals surface area contributed by atoms with Gasteiger partial charge in [0.05, 0.1) is 12.3 Å². The summed E-state index contributed by atoms with van der Waals surface area (Å²) in [7, 11) is -1.04. The minimum Gasteiger partial charge on any atom is -1.00 e. The summed E-state index contributed by atoms with van der Waals surface area (Å²) < 4.78 is 0. The van der Waals surface area contributed by atoms with Crippen LogP contribution in [0, 0.1) is 0 Å². The van der Waals surface area contributed by atoms with Crippen molar-refractivity contribution in [2.75, 3.05) is 19.0 Å². The molecule has 1 nitrogen and oxygen atoms in total. The lowest BCUT2D eigenvalue weighted by atomic mass is 10.1. The van der Waals surface area contributed by atoms with Crippen LogP contribution in [0.15, 0.2) is 30.3 Å². The Labute approximate surface area is 129 Å². The van der Waals surface area contributed by atoms with Crippen molar-refractivity contribution in [1.82, 2.24) is 0 Å². The minimum atomic E-state index is -1.04. The Hall–Kier alpha value is 0.0500. The van der Waals surface area contributed by atoms with E-state index in [1.54, 1.807) is 6.92 Å². The first-order valence-corrected chi connectivity index (χ1v) is 9.09. The molecule has 1 aromatic rings. The van der Waals surface area contributed by atoms with Crippen molar-refractivity contribution in [1.29, 1.82) is 0 Å². The molecular formula is C15H24IOP. The lowest BCUT2D eigenvalue weighted by molar-refractivity contribution is -0.117. The van der Waals surface area contributed by atoms with Gasteiger partial charge in [-0.2, -0.15) is 0 Å². The number of Topliss-reactive ketones (excluding diaryl/α,β-unsaturated/α-hetero) is 1. The van der Waals surface area contributed by atoms with Crippen LogP contribution in [-0.2, 0) is 4.79 Å². The number of hydrogen-bond acceptors (Lipinski definition) is 1. The van der Waals surface area contributed by atoms with E-state index in [4.69, 9.17) is 0 Å². The Bertz CT molecular complexity index is 360. The van der Waals surface area contributed by atoms with Gasteiger partial charge in [0.2, 0.25) is 0 Å². The largest absolute Gasteiger partial charge is 1.00 e. The van der Waals surface area contributed by atoms with Crippen molar-refractivity contribution >= 4 is 13.0 Å². The lowest BCUT2D eigenvalue weighted by Gasteiger charge is -2.29. The van der Waals surface area contributed by atoms with Crippen LogP contribution in [0.3, 0.4) is 0 Å². The highest BCUT2D eigenvalue weighted by Gasteiger charge is 2.39. The number of rotatable bonds is 6. The number of benzene rings is 1. The summed E-state index contributed by atoms with van der Waals surface area (Å²) in [5.74, 6) is 0.312. The molecule has 0 aliphatic rings. The van der Waals surface area contributed by atoms with Crippen LogP contribution in [0.1, 0.15) is 38.4 Å². The van der Waals surface area contributed by atoms with E-state index in [2.05, 4.69) is 44.8 Å². The number of ketones is 1. The van der Waals surface area contributed by atoms with E-state index in [9.17, 15) is 4.79 Å². The predicted molar refractivity (Wildman–Crippen MR) is 78.4 cm³/mol. The van der Waals surface area contributed by atoms with Gasteiger partial charge in [0, 0.05) is 20.3 Å². The monoisotopic (exact) mass is 378 g/mol. The third-order valence-electron chi connectivity index (χ3n) is 3.86. The summed E-state index contributed by atoms with van der Waals surface area (Å²) in [5, 5.41) is 0. The molecule has 0 saturated heterocycles. The third-order valence-corrected chi connectivity index (χ3v) is 8.74. The number of carbonyl (C=O) groups excluding carboxylic acids is 1. The minimum absolute atomic E-state index is 0. The summed E-state index contributed by atoms with van der Waals surface area (Å²) in [5.41, 5.74) is 1.80. The fraction of sp³-hybridized carbons (Fsp3) is 0.533. The number of halogens is 1. The van der Waals surface area contributed by atoms with Gasteiger partial charge in [-0.1, -0.05) is 30.3 Å². The van der Waals surface area contributed by atoms with Gasteiger partial charge in [0.25, 0.3) is 0 Å². The fourth-order valence-electron chi connectivity index (χ4n) is 2.31. The van der Waals surface area contributed by atoms with Crippen molar-refractivity contribution < 1.29 is 28.8 Å². The van der Waals surface area contributed by atoms with Crippen LogP contribution in [0.4, 0.5) is 0 Å². The van der Waals surface area contributed by atoms with Gasteiger partial charge >= 0.3 is 0 Å². The lowest BCUT2D eigenvalue weighted by Crippen LogP contribution is -3.00. The molecule has 1 unspecified atom stereocenters. The molecule has 1 atom stereocenters. The van der Waals surface area contributed by atoms with Crippen molar-refractivity contribution in [3.63, 3.8) is 0 Å². The summed E-state index contributed by atoms with van der Waals surface area (Å²) in [6.45, 7) is 8.67. The second-order valence-corrected chi connectivity index (χ2v) is 9.79. The smallest absolute Gasteiger partial charge is 0.134 e. The molecule has 1 aromatic carbocycles. The standard InChI is InChI=1S/C15H24OP.HI/c1-5-17(4,6-2)15(12-13(3)16)14-10-8-7-9-11-14;/h7-11,15H,5-6,12H2,1-4H3;1H/q+1;/p-1. The van der Waals surface area contributed by atoms with E-state index in [1.165, 1.54) is 17.9 Å². The van der Waals surface area contributed by atoms with Crippen LogP contribution < -0.4 is 24.0 Å². The number of hydrogen-bond donors (Lipinski definition) is 0. The van der Waals surface area contributed by atoms with Gasteiger partial charge in [0.1, 0.15) is 11.4 Å². The van der Waals surface area contributed by atoms with Crippen molar-refractivity contribution in [2.24, 2.45) is 0 Å². The molecule has 0 fully saturated rings. The Balaban J connectivity index is 0.00000289. The van der Waals surface area contributed by atoms with E-state index in [1.807, 2.05) is 6.07 Å². The first-order chi connectivity index (χ1) is 8.03. The molecule has 0 aromatic heterocycles. The zero-order chi connectivity index (χ0) is 12.9. The average Bonchev–Trinajstić information content (AvgIpc) is 2.36. The Morgan fingerprint density at radius 1 is 1.17 bits per heavy atom. The van der Waals surface area contributed by atoms with Gasteiger partial charge in [-0.05, 0) is 26.3 Å². The first-order valence-electron chi connectivity index (χ1n) is 6.42. The van der Waals surface area contributed by atoms with E-state index < -0.39 is 7.26 Å². The SMILES string of the molecule is CC[P+](C)(CC)C(CC(C)=O)c1ccccc1.[I-]. The molecule has 0 heterocycles. The molecule has 0 aliphatic carbocycles. The van der Waals surface area contributed by atoms with Crippen molar-refractivity contribution in [3.8, 4) is 0 Å². The molecule has 1 rings (SSSR count). The normalized spacial score (nSPS) is 12.7. The number of carbonyl (C=O) groups is 1. The maximum Gasteiger partial charge on any atom is 0.134 e. The fourth-order valence-corrected chi connectivity index (χ4v) is 5.23. The molecular weight excluding hydrogens is 354 g/mol. The Morgan fingerprint density at radius 3 is 2.06 bits per heavy atom. The maximum absolute atomic E-state index is 11.5. The summed E-state index contributed by atoms with van der Waals surface area (Å²) in [6.07, 6.45) is 3.14. The van der Waals surface area contributed by atoms with Gasteiger partial charge in [-0.3, -0.25) is 4.79 Å². The van der Waals surface area contributed by atoms with Crippen molar-refractivity contribution in [3.05, 3.63) is 35.9 Å². The summed E-state index contributed by atoms with van der Waals surface area (Å²) in [4.78, 5) is 11.5. The summed E-state index contributed by atoms with van der Waals surface area (Å²) >= 11 is 0. The molecule has 0 bridgehead atoms. The van der Waals surface area contributed by atoms with Crippen LogP contribution in [-0.4, -0.2) is 24.8 Å². The zero-order valence-corrected chi connectivity index (χ0v) is 14.9. The molecule has 0 amide bonds. The summed E-state index contributed by atoms with van der Waals surface area (Å²) in [6, 6.07) is 10.6. The predicted octanol–water partition coefficient (Wildman–Crippen LogP) is 1.40. The average molecular weight is 378 g/mol. The Kier molecular flexibility index (Phi) is 8.29. The van der Waals surface area contributed by atoms with E-state index >= 15 is 0 Å². The quantitative estimate of drug-likeness (QED) is 0.540. The van der Waals surface area contributed by atoms with Gasteiger partial charge in [0.15, 0.2) is 0 Å². The molecule has 0 radical (unpaired) electrons. The molecule has 0 N–H and O–H groups in total. The van der Waals surface area contributed by atoms with Crippen LogP contribution in [0.5, 0.6) is 0 Å².